The first-order chi connectivity index (χ1) is 20.6. The van der Waals surface area contributed by atoms with Gasteiger partial charge in [0.2, 0.25) is 0 Å². The van der Waals surface area contributed by atoms with Crippen LogP contribution >= 0.6 is 11.6 Å². The Morgan fingerprint density at radius 1 is 0.762 bits per heavy atom. The Balaban J connectivity index is 1.45. The topological polar surface area (TPSA) is 50.2 Å². The van der Waals surface area contributed by atoms with Gasteiger partial charge in [0.15, 0.2) is 5.15 Å². The van der Waals surface area contributed by atoms with Crippen LogP contribution in [0.15, 0.2) is 133 Å². The highest BCUT2D eigenvalue weighted by Crippen LogP contribution is 2.44. The van der Waals surface area contributed by atoms with E-state index in [2.05, 4.69) is 54.7 Å². The molecule has 1 aliphatic rings. The Morgan fingerprint density at radius 3 is 1.79 bits per heavy atom. The maximum absolute atomic E-state index is 13.4. The first kappa shape index (κ1) is 26.1. The first-order valence-corrected chi connectivity index (χ1v) is 14.5. The molecule has 0 saturated carbocycles. The smallest absolute Gasteiger partial charge is 0.313 e. The number of fused-ring (bicyclic) bond motifs is 2. The van der Waals surface area contributed by atoms with Crippen molar-refractivity contribution < 1.29 is 4.79 Å². The number of carbonyl (C=O) groups excluding carboxylic acids is 1. The number of benzene rings is 5. The predicted molar refractivity (Wildman–Crippen MR) is 169 cm³/mol. The van der Waals surface area contributed by atoms with Crippen molar-refractivity contribution >= 4 is 34.2 Å². The number of hydrogen-bond donors (Lipinski definition) is 1. The van der Waals surface area contributed by atoms with Crippen molar-refractivity contribution in [1.29, 1.82) is 0 Å². The molecular weight excluding hydrogens is 540 g/mol. The van der Waals surface area contributed by atoms with Gasteiger partial charge in [0.05, 0.1) is 18.1 Å². The second kappa shape index (κ2) is 10.5. The number of nitrogens with zero attached hydrogens (tertiary/aromatic N) is 3. The van der Waals surface area contributed by atoms with Crippen LogP contribution in [0.3, 0.4) is 0 Å². The second-order valence-corrected chi connectivity index (χ2v) is 11.0. The zero-order valence-corrected chi connectivity index (χ0v) is 23.9. The van der Waals surface area contributed by atoms with Crippen molar-refractivity contribution in [2.75, 3.05) is 5.32 Å². The Kier molecular flexibility index (Phi) is 6.52. The minimum Gasteiger partial charge on any atom is -0.313 e. The molecule has 1 aliphatic heterocycles. The molecule has 206 valence electrons. The minimum atomic E-state index is -0.823. The molecule has 0 radical (unpaired) electrons. The van der Waals surface area contributed by atoms with Gasteiger partial charge in [-0.15, -0.1) is 0 Å². The van der Waals surface area contributed by atoms with E-state index in [1.165, 1.54) is 0 Å². The van der Waals surface area contributed by atoms with Gasteiger partial charge in [-0.1, -0.05) is 133 Å². The van der Waals surface area contributed by atoms with Gasteiger partial charge < -0.3 is 10.2 Å². The molecule has 0 saturated heterocycles. The van der Waals surface area contributed by atoms with Crippen LogP contribution in [-0.4, -0.2) is 20.7 Å². The van der Waals surface area contributed by atoms with Crippen molar-refractivity contribution in [2.24, 2.45) is 0 Å². The molecule has 0 aliphatic carbocycles. The predicted octanol–water partition coefficient (Wildman–Crippen LogP) is 8.64. The minimum absolute atomic E-state index is 0.0878. The molecule has 1 aromatic heterocycles. The summed E-state index contributed by atoms with van der Waals surface area (Å²) >= 11 is 6.98. The number of aromatic nitrogens is 2. The number of urea groups is 1. The molecule has 5 aromatic carbocycles. The van der Waals surface area contributed by atoms with Gasteiger partial charge in [-0.05, 0) is 46.9 Å². The zero-order valence-electron chi connectivity index (χ0n) is 23.1. The lowest BCUT2D eigenvalue weighted by Gasteiger charge is -2.37. The van der Waals surface area contributed by atoms with E-state index in [0.717, 1.165) is 44.4 Å². The van der Waals surface area contributed by atoms with E-state index in [4.69, 9.17) is 16.7 Å². The van der Waals surface area contributed by atoms with Crippen LogP contribution < -0.4 is 5.32 Å². The largest absolute Gasteiger partial charge is 0.322 e. The molecule has 6 heteroatoms. The molecular formula is C36H29ClN4O. The average Bonchev–Trinajstić information content (AvgIpc) is 3.36. The maximum Gasteiger partial charge on any atom is 0.322 e. The van der Waals surface area contributed by atoms with Crippen molar-refractivity contribution in [3.8, 4) is 0 Å². The van der Waals surface area contributed by atoms with Gasteiger partial charge in [-0.25, -0.2) is 9.48 Å². The number of rotatable bonds is 6. The summed E-state index contributed by atoms with van der Waals surface area (Å²) in [5.74, 6) is 0. The lowest BCUT2D eigenvalue weighted by Crippen LogP contribution is -2.40. The van der Waals surface area contributed by atoms with Gasteiger partial charge in [-0.2, -0.15) is 5.10 Å². The molecule has 1 N–H and O–H groups in total. The monoisotopic (exact) mass is 568 g/mol. The van der Waals surface area contributed by atoms with E-state index in [-0.39, 0.29) is 12.1 Å². The van der Waals surface area contributed by atoms with Crippen LogP contribution in [0.2, 0.25) is 5.15 Å². The number of carbonyl (C=O) groups is 1. The third-order valence-corrected chi connectivity index (χ3v) is 8.62. The fourth-order valence-corrected chi connectivity index (χ4v) is 6.47. The number of anilines is 1. The number of nitrogens with one attached hydrogen (secondary N) is 1. The molecule has 6 aromatic rings. The number of halogens is 1. The normalized spacial score (nSPS) is 14.0. The third kappa shape index (κ3) is 4.16. The molecule has 1 unspecified atom stereocenters. The third-order valence-electron chi connectivity index (χ3n) is 8.34. The molecule has 5 nitrogen and oxygen atoms in total. The van der Waals surface area contributed by atoms with E-state index < -0.39 is 5.54 Å². The van der Waals surface area contributed by atoms with Crippen LogP contribution in [0, 0.1) is 0 Å². The van der Waals surface area contributed by atoms with E-state index in [1.54, 1.807) is 0 Å². The van der Waals surface area contributed by atoms with Crippen molar-refractivity contribution in [3.05, 3.63) is 166 Å². The Labute approximate surface area is 250 Å². The summed E-state index contributed by atoms with van der Waals surface area (Å²) in [4.78, 5) is 15.3. The summed E-state index contributed by atoms with van der Waals surface area (Å²) < 4.78 is 2.02. The van der Waals surface area contributed by atoms with E-state index in [0.29, 0.717) is 11.7 Å². The van der Waals surface area contributed by atoms with Gasteiger partial charge in [0, 0.05) is 11.1 Å². The van der Waals surface area contributed by atoms with Crippen LogP contribution in [0.5, 0.6) is 0 Å². The van der Waals surface area contributed by atoms with Gasteiger partial charge in [0.25, 0.3) is 0 Å². The maximum atomic E-state index is 13.4. The summed E-state index contributed by atoms with van der Waals surface area (Å²) in [7, 11) is 0. The second-order valence-electron chi connectivity index (χ2n) is 10.7. The van der Waals surface area contributed by atoms with Gasteiger partial charge >= 0.3 is 6.03 Å². The molecule has 2 heterocycles. The highest BCUT2D eigenvalue weighted by atomic mass is 35.5. The van der Waals surface area contributed by atoms with Crippen LogP contribution in [0.1, 0.15) is 40.8 Å². The molecule has 0 fully saturated rings. The van der Waals surface area contributed by atoms with Crippen molar-refractivity contribution in [2.45, 2.75) is 25.0 Å². The molecule has 0 bridgehead atoms. The molecule has 2 amide bonds. The fraction of sp³-hybridized carbons (Fsp3) is 0.111. The summed E-state index contributed by atoms with van der Waals surface area (Å²) in [6.07, 6.45) is 0. The Morgan fingerprint density at radius 2 is 1.26 bits per heavy atom. The van der Waals surface area contributed by atoms with Crippen LogP contribution in [-0.2, 0) is 12.1 Å². The van der Waals surface area contributed by atoms with Gasteiger partial charge in [-0.3, -0.25) is 0 Å². The number of hydrogen-bond acceptors (Lipinski definition) is 2. The SMILES string of the molecule is CC(c1ccccc1)N1Cc2cc3c(Cl)nn(C(c4ccccc4)(c4ccccc4)c4ccccc4)c3cc2NC1=O. The lowest BCUT2D eigenvalue weighted by atomic mass is 9.77. The molecule has 0 spiro atoms. The van der Waals surface area contributed by atoms with Crippen LogP contribution in [0.25, 0.3) is 10.9 Å². The van der Waals surface area contributed by atoms with E-state index >= 15 is 0 Å². The standard InChI is InChI=1S/C36H29ClN4O/c1-25(26-14-6-2-7-15-26)40-24-27-22-31-33(23-32(27)38-35(40)42)41(39-34(31)37)36(28-16-8-3-9-17-28,29-18-10-4-11-19-29)30-20-12-5-13-21-30/h2-23,25H,24H2,1H3,(H,38,42). The molecule has 1 atom stereocenters. The quantitative estimate of drug-likeness (QED) is 0.204. The Hall–Kier alpha value is -4.87. The van der Waals surface area contributed by atoms with Crippen molar-refractivity contribution in [1.82, 2.24) is 14.7 Å². The van der Waals surface area contributed by atoms with E-state index in [9.17, 15) is 4.79 Å². The Bertz CT molecular complexity index is 1780. The summed E-state index contributed by atoms with van der Waals surface area (Å²) in [5, 5.41) is 9.46. The first-order valence-electron chi connectivity index (χ1n) is 14.1. The van der Waals surface area contributed by atoms with Crippen molar-refractivity contribution in [3.63, 3.8) is 0 Å². The highest BCUT2D eigenvalue weighted by molar-refractivity contribution is 6.34. The van der Waals surface area contributed by atoms with Gasteiger partial charge in [0.1, 0.15) is 5.54 Å². The van der Waals surface area contributed by atoms with Crippen LogP contribution in [0.4, 0.5) is 10.5 Å². The number of amides is 2. The fourth-order valence-electron chi connectivity index (χ4n) is 6.24. The molecule has 7 rings (SSSR count). The average molecular weight is 569 g/mol. The summed E-state index contributed by atoms with van der Waals surface area (Å²) in [6.45, 7) is 2.52. The molecule has 42 heavy (non-hydrogen) atoms. The van der Waals surface area contributed by atoms with E-state index in [1.807, 2.05) is 101 Å². The summed E-state index contributed by atoms with van der Waals surface area (Å²) in [6, 6.07) is 45.1. The lowest BCUT2D eigenvalue weighted by molar-refractivity contribution is 0.186. The summed E-state index contributed by atoms with van der Waals surface area (Å²) in [5.41, 5.74) is 6.01. The highest BCUT2D eigenvalue weighted by Gasteiger charge is 2.41. The zero-order chi connectivity index (χ0) is 28.7.